The van der Waals surface area contributed by atoms with Crippen LogP contribution >= 0.6 is 0 Å². The molecule has 1 aliphatic heterocycles. The molecule has 1 heterocycles. The second-order valence-electron chi connectivity index (χ2n) is 5.84. The van der Waals surface area contributed by atoms with Crippen LogP contribution in [-0.4, -0.2) is 43.0 Å². The Balaban J connectivity index is 1.58. The summed E-state index contributed by atoms with van der Waals surface area (Å²) < 4.78 is 0. The van der Waals surface area contributed by atoms with E-state index in [9.17, 15) is 4.79 Å². The van der Waals surface area contributed by atoms with Crippen LogP contribution in [0.4, 0.5) is 0 Å². The van der Waals surface area contributed by atoms with Crippen LogP contribution in [0.15, 0.2) is 30.3 Å². The van der Waals surface area contributed by atoms with Crippen molar-refractivity contribution >= 4 is 5.91 Å². The first-order valence-electron chi connectivity index (χ1n) is 8.01. The fourth-order valence-electron chi connectivity index (χ4n) is 2.74. The van der Waals surface area contributed by atoms with Crippen molar-refractivity contribution in [2.75, 3.05) is 26.2 Å². The summed E-state index contributed by atoms with van der Waals surface area (Å²) in [6.07, 6.45) is 3.97. The SMILES string of the molecule is CC(CNCC(=O)NCc1ccccc1)N1CCCCC1. The van der Waals surface area contributed by atoms with Crippen LogP contribution in [0.2, 0.25) is 0 Å². The molecule has 1 saturated heterocycles. The lowest BCUT2D eigenvalue weighted by Gasteiger charge is -2.32. The van der Waals surface area contributed by atoms with E-state index >= 15 is 0 Å². The first-order valence-corrected chi connectivity index (χ1v) is 8.01. The second kappa shape index (κ2) is 8.80. The highest BCUT2D eigenvalue weighted by Gasteiger charge is 2.16. The first kappa shape index (κ1) is 16.0. The van der Waals surface area contributed by atoms with Crippen molar-refractivity contribution < 1.29 is 4.79 Å². The third-order valence-electron chi connectivity index (χ3n) is 4.07. The highest BCUT2D eigenvalue weighted by molar-refractivity contribution is 5.77. The van der Waals surface area contributed by atoms with E-state index in [1.54, 1.807) is 0 Å². The van der Waals surface area contributed by atoms with Gasteiger partial charge in [-0.15, -0.1) is 0 Å². The number of rotatable bonds is 7. The lowest BCUT2D eigenvalue weighted by atomic mass is 10.1. The topological polar surface area (TPSA) is 44.4 Å². The number of likely N-dealkylation sites (tertiary alicyclic amines) is 1. The van der Waals surface area contributed by atoms with Crippen LogP contribution in [0.5, 0.6) is 0 Å². The molecule has 2 rings (SSSR count). The molecule has 0 aromatic heterocycles. The maximum Gasteiger partial charge on any atom is 0.234 e. The molecule has 0 saturated carbocycles. The summed E-state index contributed by atoms with van der Waals surface area (Å²) in [6.45, 7) is 6.50. The molecule has 0 aliphatic carbocycles. The van der Waals surface area contributed by atoms with Gasteiger partial charge in [-0.3, -0.25) is 9.69 Å². The van der Waals surface area contributed by atoms with E-state index < -0.39 is 0 Å². The number of piperidine rings is 1. The summed E-state index contributed by atoms with van der Waals surface area (Å²) in [7, 11) is 0. The summed E-state index contributed by atoms with van der Waals surface area (Å²) in [5, 5.41) is 6.20. The van der Waals surface area contributed by atoms with Crippen molar-refractivity contribution in [1.29, 1.82) is 0 Å². The summed E-state index contributed by atoms with van der Waals surface area (Å²) in [5.41, 5.74) is 1.13. The van der Waals surface area contributed by atoms with Crippen molar-refractivity contribution in [3.05, 3.63) is 35.9 Å². The van der Waals surface area contributed by atoms with Crippen molar-refractivity contribution in [2.24, 2.45) is 0 Å². The van der Waals surface area contributed by atoms with E-state index in [2.05, 4.69) is 22.5 Å². The van der Waals surface area contributed by atoms with Crippen LogP contribution in [0.25, 0.3) is 0 Å². The molecule has 0 radical (unpaired) electrons. The lowest BCUT2D eigenvalue weighted by Crippen LogP contribution is -2.45. The zero-order chi connectivity index (χ0) is 14.9. The van der Waals surface area contributed by atoms with E-state index in [-0.39, 0.29) is 5.91 Å². The fourth-order valence-corrected chi connectivity index (χ4v) is 2.74. The summed E-state index contributed by atoms with van der Waals surface area (Å²) in [6, 6.07) is 10.5. The molecule has 1 unspecified atom stereocenters. The fraction of sp³-hybridized carbons (Fsp3) is 0.588. The normalized spacial score (nSPS) is 17.4. The zero-order valence-electron chi connectivity index (χ0n) is 13.0. The number of hydrogen-bond acceptors (Lipinski definition) is 3. The molecular weight excluding hydrogens is 262 g/mol. The zero-order valence-corrected chi connectivity index (χ0v) is 13.0. The van der Waals surface area contributed by atoms with Crippen LogP contribution in [0, 0.1) is 0 Å². The van der Waals surface area contributed by atoms with E-state index in [4.69, 9.17) is 0 Å². The summed E-state index contributed by atoms with van der Waals surface area (Å²) in [4.78, 5) is 14.3. The van der Waals surface area contributed by atoms with E-state index in [1.807, 2.05) is 30.3 Å². The van der Waals surface area contributed by atoms with Crippen LogP contribution < -0.4 is 10.6 Å². The Morgan fingerprint density at radius 1 is 1.19 bits per heavy atom. The smallest absolute Gasteiger partial charge is 0.234 e. The van der Waals surface area contributed by atoms with Gasteiger partial charge in [0.25, 0.3) is 0 Å². The number of benzene rings is 1. The van der Waals surface area contributed by atoms with Gasteiger partial charge in [0.1, 0.15) is 0 Å². The molecule has 116 valence electrons. The highest BCUT2D eigenvalue weighted by Crippen LogP contribution is 2.11. The molecule has 1 aliphatic rings. The summed E-state index contributed by atoms with van der Waals surface area (Å²) >= 11 is 0. The largest absolute Gasteiger partial charge is 0.351 e. The van der Waals surface area contributed by atoms with Gasteiger partial charge < -0.3 is 10.6 Å². The molecule has 0 spiro atoms. The van der Waals surface area contributed by atoms with Gasteiger partial charge in [-0.1, -0.05) is 36.8 Å². The van der Waals surface area contributed by atoms with Gasteiger partial charge >= 0.3 is 0 Å². The third kappa shape index (κ3) is 5.86. The number of nitrogens with one attached hydrogen (secondary N) is 2. The molecule has 1 amide bonds. The maximum absolute atomic E-state index is 11.8. The highest BCUT2D eigenvalue weighted by atomic mass is 16.1. The number of amides is 1. The maximum atomic E-state index is 11.8. The first-order chi connectivity index (χ1) is 10.3. The number of carbonyl (C=O) groups is 1. The minimum Gasteiger partial charge on any atom is -0.351 e. The number of nitrogens with zero attached hydrogens (tertiary/aromatic N) is 1. The number of hydrogen-bond donors (Lipinski definition) is 2. The van der Waals surface area contributed by atoms with Gasteiger partial charge in [-0.2, -0.15) is 0 Å². The molecule has 2 N–H and O–H groups in total. The van der Waals surface area contributed by atoms with Crippen LogP contribution in [-0.2, 0) is 11.3 Å². The van der Waals surface area contributed by atoms with Gasteiger partial charge in [-0.25, -0.2) is 0 Å². The molecule has 1 atom stereocenters. The van der Waals surface area contributed by atoms with E-state index in [0.29, 0.717) is 19.1 Å². The Kier molecular flexibility index (Phi) is 6.70. The third-order valence-corrected chi connectivity index (χ3v) is 4.07. The van der Waals surface area contributed by atoms with Gasteiger partial charge in [-0.05, 0) is 38.4 Å². The predicted molar refractivity (Wildman–Crippen MR) is 86.0 cm³/mol. The molecule has 1 aromatic rings. The van der Waals surface area contributed by atoms with Gasteiger partial charge in [0.05, 0.1) is 6.54 Å². The van der Waals surface area contributed by atoms with Gasteiger partial charge in [0.15, 0.2) is 0 Å². The molecular formula is C17H27N3O. The van der Waals surface area contributed by atoms with Crippen molar-refractivity contribution in [3.8, 4) is 0 Å². The molecule has 1 aromatic carbocycles. The van der Waals surface area contributed by atoms with E-state index in [0.717, 1.165) is 12.1 Å². The quantitative estimate of drug-likeness (QED) is 0.804. The molecule has 1 fully saturated rings. The van der Waals surface area contributed by atoms with Gasteiger partial charge in [0.2, 0.25) is 5.91 Å². The Labute approximate surface area is 127 Å². The van der Waals surface area contributed by atoms with Gasteiger partial charge in [0, 0.05) is 19.1 Å². The predicted octanol–water partition coefficient (Wildman–Crippen LogP) is 1.77. The minimum atomic E-state index is 0.0599. The second-order valence-corrected chi connectivity index (χ2v) is 5.84. The van der Waals surface area contributed by atoms with Crippen LogP contribution in [0.1, 0.15) is 31.7 Å². The van der Waals surface area contributed by atoms with Crippen molar-refractivity contribution in [2.45, 2.75) is 38.8 Å². The lowest BCUT2D eigenvalue weighted by molar-refractivity contribution is -0.120. The van der Waals surface area contributed by atoms with E-state index in [1.165, 1.54) is 32.4 Å². The Morgan fingerprint density at radius 2 is 1.90 bits per heavy atom. The number of carbonyl (C=O) groups excluding carboxylic acids is 1. The summed E-state index contributed by atoms with van der Waals surface area (Å²) in [5.74, 6) is 0.0599. The molecule has 4 nitrogen and oxygen atoms in total. The minimum absolute atomic E-state index is 0.0599. The average molecular weight is 289 g/mol. The Bertz CT molecular complexity index is 415. The van der Waals surface area contributed by atoms with Crippen LogP contribution in [0.3, 0.4) is 0 Å². The Morgan fingerprint density at radius 3 is 2.62 bits per heavy atom. The molecule has 4 heteroatoms. The van der Waals surface area contributed by atoms with Crippen molar-refractivity contribution in [3.63, 3.8) is 0 Å². The monoisotopic (exact) mass is 289 g/mol. The average Bonchev–Trinajstić information content (AvgIpc) is 2.54. The standard InChI is InChI=1S/C17H27N3O/c1-15(20-10-6-3-7-11-20)12-18-14-17(21)19-13-16-8-4-2-5-9-16/h2,4-5,8-9,15,18H,3,6-7,10-14H2,1H3,(H,19,21). The molecule has 0 bridgehead atoms. The molecule has 21 heavy (non-hydrogen) atoms. The Hall–Kier alpha value is -1.39. The van der Waals surface area contributed by atoms with Crippen molar-refractivity contribution in [1.82, 2.24) is 15.5 Å².